The number of amides is 2. The number of likely N-dealkylation sites (N-methyl/N-ethyl adjacent to an activating group) is 1. The maximum atomic E-state index is 14.7. The minimum atomic E-state index is -3.86. The summed E-state index contributed by atoms with van der Waals surface area (Å²) in [5.41, 5.74) is 3.06. The second-order valence-corrected chi connectivity index (χ2v) is 11.2. The maximum absolute atomic E-state index is 14.7. The summed E-state index contributed by atoms with van der Waals surface area (Å²) >= 11 is 0. The van der Waals surface area contributed by atoms with Gasteiger partial charge in [-0.25, -0.2) is 12.8 Å². The van der Waals surface area contributed by atoms with Crippen LogP contribution in [0.4, 0.5) is 10.1 Å². The van der Waals surface area contributed by atoms with Gasteiger partial charge in [0.1, 0.15) is 18.4 Å². The maximum Gasteiger partial charge on any atom is 0.244 e. The third kappa shape index (κ3) is 7.64. The van der Waals surface area contributed by atoms with Crippen molar-refractivity contribution in [1.29, 1.82) is 0 Å². The summed E-state index contributed by atoms with van der Waals surface area (Å²) in [6.07, 6.45) is 1.21. The molecule has 0 aliphatic rings. The van der Waals surface area contributed by atoms with E-state index >= 15 is 0 Å². The first-order valence-corrected chi connectivity index (χ1v) is 14.2. The third-order valence-corrected chi connectivity index (χ3v) is 7.23. The Bertz CT molecular complexity index is 1360. The van der Waals surface area contributed by atoms with Gasteiger partial charge in [0.25, 0.3) is 0 Å². The van der Waals surface area contributed by atoms with E-state index in [0.717, 1.165) is 27.3 Å². The average molecular weight is 540 g/mol. The predicted molar refractivity (Wildman–Crippen MR) is 148 cm³/mol. The van der Waals surface area contributed by atoms with E-state index in [1.807, 2.05) is 50.2 Å². The molecule has 9 heteroatoms. The molecule has 0 aromatic heterocycles. The smallest absolute Gasteiger partial charge is 0.244 e. The third-order valence-electron chi connectivity index (χ3n) is 6.09. The minimum Gasteiger partial charge on any atom is -0.355 e. The van der Waals surface area contributed by atoms with Crippen LogP contribution in [0.25, 0.3) is 0 Å². The Labute approximate surface area is 224 Å². The lowest BCUT2D eigenvalue weighted by atomic mass is 10.0. The number of rotatable bonds is 11. The van der Waals surface area contributed by atoms with Crippen LogP contribution in [0.5, 0.6) is 0 Å². The molecule has 2 amide bonds. The monoisotopic (exact) mass is 539 g/mol. The fourth-order valence-corrected chi connectivity index (χ4v) is 5.20. The number of carbonyl (C=O) groups excluding carboxylic acids is 2. The van der Waals surface area contributed by atoms with Crippen molar-refractivity contribution in [2.75, 3.05) is 23.7 Å². The summed E-state index contributed by atoms with van der Waals surface area (Å²) < 4.78 is 41.4. The number of nitrogens with one attached hydrogen (secondary N) is 1. The zero-order chi connectivity index (χ0) is 27.9. The van der Waals surface area contributed by atoms with Crippen molar-refractivity contribution in [3.63, 3.8) is 0 Å². The van der Waals surface area contributed by atoms with Gasteiger partial charge in [0.2, 0.25) is 21.8 Å². The van der Waals surface area contributed by atoms with E-state index in [9.17, 15) is 22.4 Å². The minimum absolute atomic E-state index is 0.176. The molecule has 3 aromatic rings. The summed E-state index contributed by atoms with van der Waals surface area (Å²) in [6.45, 7) is 5.05. The van der Waals surface area contributed by atoms with Crippen molar-refractivity contribution in [2.45, 2.75) is 39.8 Å². The summed E-state index contributed by atoms with van der Waals surface area (Å²) in [4.78, 5) is 28.5. The quantitative estimate of drug-likeness (QED) is 0.399. The molecule has 202 valence electrons. The Morgan fingerprint density at radius 3 is 2.13 bits per heavy atom. The van der Waals surface area contributed by atoms with Crippen LogP contribution in [0.3, 0.4) is 0 Å². The number of halogens is 1. The fourth-order valence-electron chi connectivity index (χ4n) is 4.36. The number of aryl methyl sites for hydroxylation is 2. The number of hydrogen-bond donors (Lipinski definition) is 1. The topological polar surface area (TPSA) is 86.8 Å². The average Bonchev–Trinajstić information content (AvgIpc) is 2.85. The lowest BCUT2D eigenvalue weighted by molar-refractivity contribution is -0.140. The number of hydrogen-bond acceptors (Lipinski definition) is 4. The molecule has 0 aliphatic carbocycles. The molecule has 0 unspecified atom stereocenters. The predicted octanol–water partition coefficient (Wildman–Crippen LogP) is 3.98. The molecule has 3 aromatic carbocycles. The molecule has 38 heavy (non-hydrogen) atoms. The SMILES string of the molecule is CCNC(=O)[C@H](Cc1ccccc1)N(Cc1ccccc1F)C(=O)CN(c1cc(C)cc(C)c1)S(C)(=O)=O. The Morgan fingerprint density at radius 1 is 0.947 bits per heavy atom. The summed E-state index contributed by atoms with van der Waals surface area (Å²) in [7, 11) is -3.86. The number of carbonyl (C=O) groups is 2. The molecule has 7 nitrogen and oxygen atoms in total. The Hall–Kier alpha value is -3.72. The van der Waals surface area contributed by atoms with E-state index in [1.165, 1.54) is 11.0 Å². The van der Waals surface area contributed by atoms with Crippen LogP contribution in [0, 0.1) is 19.7 Å². The highest BCUT2D eigenvalue weighted by atomic mass is 32.2. The first-order valence-electron chi connectivity index (χ1n) is 12.4. The van der Waals surface area contributed by atoms with E-state index in [2.05, 4.69) is 5.32 Å². The molecule has 3 rings (SSSR count). The normalized spacial score (nSPS) is 12.0. The van der Waals surface area contributed by atoms with Crippen molar-refractivity contribution in [3.8, 4) is 0 Å². The van der Waals surface area contributed by atoms with Crippen molar-refractivity contribution in [3.05, 3.63) is 101 Å². The molecule has 1 N–H and O–H groups in total. The van der Waals surface area contributed by atoms with E-state index in [0.29, 0.717) is 12.2 Å². The Balaban J connectivity index is 2.07. The molecule has 1 atom stereocenters. The molecule has 0 saturated heterocycles. The lowest BCUT2D eigenvalue weighted by Crippen LogP contribution is -2.53. The number of benzene rings is 3. The number of sulfonamides is 1. The van der Waals surface area contributed by atoms with Gasteiger partial charge >= 0.3 is 0 Å². The highest BCUT2D eigenvalue weighted by molar-refractivity contribution is 7.92. The van der Waals surface area contributed by atoms with Gasteiger partial charge in [0.05, 0.1) is 11.9 Å². The van der Waals surface area contributed by atoms with Crippen LogP contribution in [0.1, 0.15) is 29.2 Å². The van der Waals surface area contributed by atoms with Crippen LogP contribution in [-0.2, 0) is 32.6 Å². The molecule has 0 spiro atoms. The molecule has 0 heterocycles. The first kappa shape index (κ1) is 28.8. The van der Waals surface area contributed by atoms with Gasteiger partial charge in [-0.2, -0.15) is 0 Å². The van der Waals surface area contributed by atoms with Gasteiger partial charge in [0, 0.05) is 25.1 Å². The van der Waals surface area contributed by atoms with E-state index < -0.39 is 40.2 Å². The van der Waals surface area contributed by atoms with E-state index in [4.69, 9.17) is 0 Å². The van der Waals surface area contributed by atoms with E-state index in [-0.39, 0.29) is 18.5 Å². The molecule has 0 fully saturated rings. The zero-order valence-electron chi connectivity index (χ0n) is 22.1. The number of anilines is 1. The highest BCUT2D eigenvalue weighted by Crippen LogP contribution is 2.23. The highest BCUT2D eigenvalue weighted by Gasteiger charge is 2.33. The van der Waals surface area contributed by atoms with Crippen molar-refractivity contribution in [1.82, 2.24) is 10.2 Å². The summed E-state index contributed by atoms with van der Waals surface area (Å²) in [5, 5.41) is 2.77. The van der Waals surface area contributed by atoms with Gasteiger partial charge < -0.3 is 10.2 Å². The second-order valence-electron chi connectivity index (χ2n) is 9.33. The van der Waals surface area contributed by atoms with Crippen LogP contribution in [-0.4, -0.2) is 50.5 Å². The lowest BCUT2D eigenvalue weighted by Gasteiger charge is -2.33. The number of nitrogens with zero attached hydrogens (tertiary/aromatic N) is 2. The molecule has 0 aliphatic heterocycles. The Kier molecular flexibility index (Phi) is 9.63. The molecule has 0 bridgehead atoms. The molecular formula is C29H34FN3O4S. The van der Waals surface area contributed by atoms with Gasteiger partial charge in [-0.1, -0.05) is 54.6 Å². The van der Waals surface area contributed by atoms with Crippen LogP contribution >= 0.6 is 0 Å². The largest absolute Gasteiger partial charge is 0.355 e. The zero-order valence-corrected chi connectivity index (χ0v) is 23.0. The van der Waals surface area contributed by atoms with Gasteiger partial charge in [-0.15, -0.1) is 0 Å². The Morgan fingerprint density at radius 2 is 1.55 bits per heavy atom. The van der Waals surface area contributed by atoms with Crippen molar-refractivity contribution < 1.29 is 22.4 Å². The van der Waals surface area contributed by atoms with Crippen LogP contribution in [0.2, 0.25) is 0 Å². The fraction of sp³-hybridized carbons (Fsp3) is 0.310. The standard InChI is InChI=1S/C29H34FN3O4S/c1-5-31-29(35)27(18-23-11-7-6-8-12-23)32(19-24-13-9-10-14-26(24)30)28(34)20-33(38(4,36)37)25-16-21(2)15-22(3)17-25/h6-17,27H,5,18-20H2,1-4H3,(H,31,35)/t27-/m0/s1. The van der Waals surface area contributed by atoms with E-state index in [1.54, 1.807) is 37.3 Å². The van der Waals surface area contributed by atoms with Gasteiger partial charge in [-0.3, -0.25) is 13.9 Å². The van der Waals surface area contributed by atoms with Crippen LogP contribution in [0.15, 0.2) is 72.8 Å². The van der Waals surface area contributed by atoms with Crippen molar-refractivity contribution in [2.24, 2.45) is 0 Å². The van der Waals surface area contributed by atoms with Crippen LogP contribution < -0.4 is 9.62 Å². The summed E-state index contributed by atoms with van der Waals surface area (Å²) in [5.74, 6) is -1.54. The first-order chi connectivity index (χ1) is 18.0. The molecule has 0 radical (unpaired) electrons. The second kappa shape index (κ2) is 12.7. The van der Waals surface area contributed by atoms with Gasteiger partial charge in [-0.05, 0) is 55.7 Å². The summed E-state index contributed by atoms with van der Waals surface area (Å²) in [6, 6.07) is 19.5. The van der Waals surface area contributed by atoms with Crippen molar-refractivity contribution >= 4 is 27.5 Å². The molecular weight excluding hydrogens is 505 g/mol. The molecule has 0 saturated carbocycles. The van der Waals surface area contributed by atoms with Gasteiger partial charge in [0.15, 0.2) is 0 Å².